The summed E-state index contributed by atoms with van der Waals surface area (Å²) in [7, 11) is 0. The number of carbonyl (C=O) groups excluding carboxylic acids is 1. The van der Waals surface area contributed by atoms with Crippen molar-refractivity contribution in [2.75, 3.05) is 11.9 Å². The van der Waals surface area contributed by atoms with Crippen LogP contribution in [0.25, 0.3) is 0 Å². The van der Waals surface area contributed by atoms with Gasteiger partial charge in [-0.15, -0.1) is 4.91 Å². The predicted octanol–water partition coefficient (Wildman–Crippen LogP) is 1.37. The summed E-state index contributed by atoms with van der Waals surface area (Å²) in [6.07, 6.45) is 0.285. The minimum Gasteiger partial charge on any atom is -0.385 e. The highest BCUT2D eigenvalue weighted by atomic mass is 16.3. The highest BCUT2D eigenvalue weighted by Gasteiger charge is 1.95. The fourth-order valence-corrected chi connectivity index (χ4v) is 0.970. The molecule has 1 amide bonds. The standard InChI is InChI=1S/C9H11N3O2/c10-9(13)5-6-11-7-1-3-8(12-14)4-2-7/h1-4,11H,5-6H2,(H2,10,13). The maximum atomic E-state index is 10.4. The van der Waals surface area contributed by atoms with E-state index in [1.54, 1.807) is 24.3 Å². The number of hydrogen-bond donors (Lipinski definition) is 2. The van der Waals surface area contributed by atoms with Gasteiger partial charge >= 0.3 is 0 Å². The third-order valence-corrected chi connectivity index (χ3v) is 1.67. The molecule has 3 N–H and O–H groups in total. The van der Waals surface area contributed by atoms with Crippen LogP contribution in [0.3, 0.4) is 0 Å². The first-order valence-corrected chi connectivity index (χ1v) is 4.18. The van der Waals surface area contributed by atoms with E-state index in [4.69, 9.17) is 5.73 Å². The van der Waals surface area contributed by atoms with Crippen LogP contribution in [0.4, 0.5) is 11.4 Å². The fraction of sp³-hybridized carbons (Fsp3) is 0.222. The molecule has 14 heavy (non-hydrogen) atoms. The van der Waals surface area contributed by atoms with Crippen molar-refractivity contribution in [3.8, 4) is 0 Å². The normalized spacial score (nSPS) is 9.43. The summed E-state index contributed by atoms with van der Waals surface area (Å²) < 4.78 is 0. The van der Waals surface area contributed by atoms with Gasteiger partial charge in [0.2, 0.25) is 5.91 Å². The van der Waals surface area contributed by atoms with E-state index < -0.39 is 0 Å². The van der Waals surface area contributed by atoms with Crippen LogP contribution in [-0.2, 0) is 4.79 Å². The van der Waals surface area contributed by atoms with Crippen LogP contribution in [0.5, 0.6) is 0 Å². The van der Waals surface area contributed by atoms with Crippen molar-refractivity contribution in [1.29, 1.82) is 0 Å². The highest BCUT2D eigenvalue weighted by Crippen LogP contribution is 2.15. The van der Waals surface area contributed by atoms with Crippen LogP contribution >= 0.6 is 0 Å². The number of anilines is 1. The summed E-state index contributed by atoms with van der Waals surface area (Å²) in [5, 5.41) is 5.75. The summed E-state index contributed by atoms with van der Waals surface area (Å²) in [5.74, 6) is -0.344. The number of rotatable bonds is 5. The van der Waals surface area contributed by atoms with E-state index in [2.05, 4.69) is 10.5 Å². The monoisotopic (exact) mass is 193 g/mol. The molecular weight excluding hydrogens is 182 g/mol. The number of amides is 1. The summed E-state index contributed by atoms with van der Waals surface area (Å²) in [5.41, 5.74) is 6.18. The van der Waals surface area contributed by atoms with Gasteiger partial charge in [0.25, 0.3) is 0 Å². The molecule has 0 fully saturated rings. The van der Waals surface area contributed by atoms with Crippen LogP contribution in [-0.4, -0.2) is 12.5 Å². The molecular formula is C9H11N3O2. The smallest absolute Gasteiger partial charge is 0.219 e. The topological polar surface area (TPSA) is 84.6 Å². The van der Waals surface area contributed by atoms with E-state index >= 15 is 0 Å². The van der Waals surface area contributed by atoms with Gasteiger partial charge in [-0.3, -0.25) is 4.79 Å². The molecule has 0 aliphatic carbocycles. The minimum absolute atomic E-state index is 0.285. The maximum Gasteiger partial charge on any atom is 0.219 e. The Labute approximate surface area is 81.3 Å². The predicted molar refractivity (Wildman–Crippen MR) is 54.2 cm³/mol. The third kappa shape index (κ3) is 3.22. The molecule has 0 atom stereocenters. The molecule has 0 aromatic heterocycles. The summed E-state index contributed by atoms with van der Waals surface area (Å²) in [6.45, 7) is 0.489. The lowest BCUT2D eigenvalue weighted by atomic mass is 10.3. The second-order valence-corrected chi connectivity index (χ2v) is 2.78. The lowest BCUT2D eigenvalue weighted by Gasteiger charge is -2.03. The molecule has 0 aliphatic heterocycles. The molecule has 0 bridgehead atoms. The van der Waals surface area contributed by atoms with E-state index in [1.165, 1.54) is 0 Å². The van der Waals surface area contributed by atoms with Crippen LogP contribution in [0.2, 0.25) is 0 Å². The number of nitrogens with one attached hydrogen (secondary N) is 1. The van der Waals surface area contributed by atoms with Crippen molar-refractivity contribution >= 4 is 17.3 Å². The van der Waals surface area contributed by atoms with Gasteiger partial charge < -0.3 is 11.1 Å². The molecule has 74 valence electrons. The minimum atomic E-state index is -0.344. The van der Waals surface area contributed by atoms with E-state index in [1.807, 2.05) is 0 Å². The second-order valence-electron chi connectivity index (χ2n) is 2.78. The molecule has 5 nitrogen and oxygen atoms in total. The Bertz CT molecular complexity index is 321. The number of nitrogens with zero attached hydrogens (tertiary/aromatic N) is 1. The lowest BCUT2D eigenvalue weighted by molar-refractivity contribution is -0.117. The molecule has 0 spiro atoms. The number of hydrogen-bond acceptors (Lipinski definition) is 4. The van der Waals surface area contributed by atoms with Crippen molar-refractivity contribution in [2.24, 2.45) is 10.9 Å². The molecule has 5 heteroatoms. The van der Waals surface area contributed by atoms with Crippen LogP contribution < -0.4 is 11.1 Å². The zero-order valence-corrected chi connectivity index (χ0v) is 7.56. The van der Waals surface area contributed by atoms with Gasteiger partial charge in [0.05, 0.1) is 0 Å². The quantitative estimate of drug-likeness (QED) is 0.692. The Kier molecular flexibility index (Phi) is 3.60. The largest absolute Gasteiger partial charge is 0.385 e. The third-order valence-electron chi connectivity index (χ3n) is 1.67. The number of benzene rings is 1. The first-order valence-electron chi connectivity index (χ1n) is 4.18. The first kappa shape index (κ1) is 10.2. The molecule has 0 aliphatic rings. The Morgan fingerprint density at radius 3 is 2.50 bits per heavy atom. The fourth-order valence-electron chi connectivity index (χ4n) is 0.970. The average Bonchev–Trinajstić information content (AvgIpc) is 2.18. The van der Waals surface area contributed by atoms with Crippen molar-refractivity contribution in [3.05, 3.63) is 29.2 Å². The zero-order chi connectivity index (χ0) is 10.4. The molecule has 1 aromatic rings. The highest BCUT2D eigenvalue weighted by molar-refractivity contribution is 5.74. The maximum absolute atomic E-state index is 10.4. The Morgan fingerprint density at radius 2 is 2.00 bits per heavy atom. The molecule has 0 heterocycles. The van der Waals surface area contributed by atoms with E-state index in [-0.39, 0.29) is 12.3 Å². The lowest BCUT2D eigenvalue weighted by Crippen LogP contribution is -2.15. The van der Waals surface area contributed by atoms with E-state index in [9.17, 15) is 9.70 Å². The van der Waals surface area contributed by atoms with Gasteiger partial charge in [0.15, 0.2) is 0 Å². The van der Waals surface area contributed by atoms with Crippen LogP contribution in [0.15, 0.2) is 29.4 Å². The second kappa shape index (κ2) is 4.96. The molecule has 0 radical (unpaired) electrons. The van der Waals surface area contributed by atoms with Crippen molar-refractivity contribution in [1.82, 2.24) is 0 Å². The van der Waals surface area contributed by atoms with Gasteiger partial charge in [-0.1, -0.05) is 0 Å². The molecule has 0 saturated heterocycles. The summed E-state index contributed by atoms with van der Waals surface area (Å²) >= 11 is 0. The Morgan fingerprint density at radius 1 is 1.36 bits per heavy atom. The van der Waals surface area contributed by atoms with E-state index in [0.717, 1.165) is 5.69 Å². The van der Waals surface area contributed by atoms with Gasteiger partial charge in [-0.2, -0.15) is 0 Å². The number of nitrogens with two attached hydrogens (primary N) is 1. The van der Waals surface area contributed by atoms with Gasteiger partial charge in [-0.05, 0) is 29.4 Å². The van der Waals surface area contributed by atoms with E-state index in [0.29, 0.717) is 12.2 Å². The SMILES string of the molecule is NC(=O)CCNc1ccc(N=O)cc1. The first-order chi connectivity index (χ1) is 6.72. The molecule has 1 rings (SSSR count). The summed E-state index contributed by atoms with van der Waals surface area (Å²) in [6, 6.07) is 6.63. The number of primary amides is 1. The van der Waals surface area contributed by atoms with Gasteiger partial charge in [0.1, 0.15) is 5.69 Å². The van der Waals surface area contributed by atoms with Gasteiger partial charge in [0, 0.05) is 18.7 Å². The van der Waals surface area contributed by atoms with Crippen molar-refractivity contribution in [3.63, 3.8) is 0 Å². The Hall–Kier alpha value is -1.91. The Balaban J connectivity index is 2.43. The van der Waals surface area contributed by atoms with Crippen LogP contribution in [0.1, 0.15) is 6.42 Å². The summed E-state index contributed by atoms with van der Waals surface area (Å²) in [4.78, 5) is 20.5. The van der Waals surface area contributed by atoms with Crippen LogP contribution in [0, 0.1) is 4.91 Å². The van der Waals surface area contributed by atoms with Crippen molar-refractivity contribution in [2.45, 2.75) is 6.42 Å². The average molecular weight is 193 g/mol. The number of carbonyl (C=O) groups is 1. The number of nitroso groups, excluding NO2 is 1. The molecule has 0 saturated carbocycles. The zero-order valence-electron chi connectivity index (χ0n) is 7.56. The molecule has 1 aromatic carbocycles. The molecule has 0 unspecified atom stereocenters. The van der Waals surface area contributed by atoms with Gasteiger partial charge in [-0.25, -0.2) is 0 Å². The van der Waals surface area contributed by atoms with Crippen molar-refractivity contribution < 1.29 is 4.79 Å².